The molecule has 1 aliphatic carbocycles. The van der Waals surface area contributed by atoms with Crippen LogP contribution in [0.4, 0.5) is 4.39 Å². The standard InChI is InChI=1S/C24H31FN4O2/c1-14-6-7-19(25)18-13-20(27-23(14)18)24(31)26-16-4-3-5-17(12-16)29-11-9-21-22(29)8-10-28(21)15(2)30/h6-7,13,16-17,21-22,27H,3-5,8-12H2,1-2H3,(H,26,31)/t16-,17+,21+,22+/m1/s1. The molecule has 2 amide bonds. The number of halogens is 1. The highest BCUT2D eigenvalue weighted by molar-refractivity contribution is 5.99. The maximum Gasteiger partial charge on any atom is 0.267 e. The number of aromatic nitrogens is 1. The molecule has 1 aromatic heterocycles. The molecule has 5 rings (SSSR count). The Labute approximate surface area is 182 Å². The fraction of sp³-hybridized carbons (Fsp3) is 0.583. The summed E-state index contributed by atoms with van der Waals surface area (Å²) in [6.45, 7) is 5.48. The zero-order valence-corrected chi connectivity index (χ0v) is 18.3. The van der Waals surface area contributed by atoms with E-state index in [1.165, 1.54) is 6.07 Å². The van der Waals surface area contributed by atoms with Gasteiger partial charge < -0.3 is 15.2 Å². The number of benzene rings is 1. The lowest BCUT2D eigenvalue weighted by atomic mass is 9.89. The Morgan fingerprint density at radius 1 is 1.13 bits per heavy atom. The Morgan fingerprint density at radius 3 is 2.71 bits per heavy atom. The van der Waals surface area contributed by atoms with Crippen molar-refractivity contribution in [2.75, 3.05) is 13.1 Å². The monoisotopic (exact) mass is 426 g/mol. The van der Waals surface area contributed by atoms with E-state index in [1.54, 1.807) is 19.1 Å². The summed E-state index contributed by atoms with van der Waals surface area (Å²) in [5.41, 5.74) is 2.03. The van der Waals surface area contributed by atoms with Crippen molar-refractivity contribution < 1.29 is 14.0 Å². The quantitative estimate of drug-likeness (QED) is 0.791. The molecule has 3 heterocycles. The Bertz CT molecular complexity index is 979. The van der Waals surface area contributed by atoms with Crippen molar-refractivity contribution in [3.05, 3.63) is 35.3 Å². The van der Waals surface area contributed by atoms with E-state index in [2.05, 4.69) is 15.2 Å². The number of hydrogen-bond acceptors (Lipinski definition) is 3. The summed E-state index contributed by atoms with van der Waals surface area (Å²) in [5, 5.41) is 3.66. The predicted molar refractivity (Wildman–Crippen MR) is 117 cm³/mol. The summed E-state index contributed by atoms with van der Waals surface area (Å²) in [5.74, 6) is -0.287. The molecule has 6 nitrogen and oxygen atoms in total. The molecule has 31 heavy (non-hydrogen) atoms. The molecule has 0 bridgehead atoms. The molecule has 0 spiro atoms. The number of aryl methyl sites for hydroxylation is 1. The highest BCUT2D eigenvalue weighted by Gasteiger charge is 2.46. The van der Waals surface area contributed by atoms with Gasteiger partial charge in [0.1, 0.15) is 11.5 Å². The van der Waals surface area contributed by atoms with Gasteiger partial charge in [0.05, 0.1) is 5.52 Å². The van der Waals surface area contributed by atoms with E-state index in [4.69, 9.17) is 0 Å². The number of fused-ring (bicyclic) bond motifs is 2. The minimum Gasteiger partial charge on any atom is -0.350 e. The Balaban J connectivity index is 1.25. The molecule has 2 aromatic rings. The molecular formula is C24H31FN4O2. The molecule has 0 unspecified atom stereocenters. The summed E-state index contributed by atoms with van der Waals surface area (Å²) in [6, 6.07) is 6.17. The number of H-pyrrole nitrogens is 1. The van der Waals surface area contributed by atoms with Crippen molar-refractivity contribution in [1.82, 2.24) is 20.1 Å². The molecule has 4 atom stereocenters. The van der Waals surface area contributed by atoms with E-state index in [1.807, 2.05) is 11.8 Å². The van der Waals surface area contributed by atoms with Crippen LogP contribution in [0.15, 0.2) is 18.2 Å². The number of amides is 2. The predicted octanol–water partition coefficient (Wildman–Crippen LogP) is 3.35. The largest absolute Gasteiger partial charge is 0.350 e. The summed E-state index contributed by atoms with van der Waals surface area (Å²) < 4.78 is 14.1. The number of carbonyl (C=O) groups is 2. The van der Waals surface area contributed by atoms with E-state index in [-0.39, 0.29) is 23.7 Å². The van der Waals surface area contributed by atoms with Crippen molar-refractivity contribution in [2.24, 2.45) is 0 Å². The zero-order chi connectivity index (χ0) is 21.7. The van der Waals surface area contributed by atoms with Crippen LogP contribution >= 0.6 is 0 Å². The Kier molecular flexibility index (Phi) is 5.24. The molecule has 0 radical (unpaired) electrons. The van der Waals surface area contributed by atoms with Crippen LogP contribution in [0.1, 0.15) is 61.5 Å². The van der Waals surface area contributed by atoms with E-state index >= 15 is 0 Å². The van der Waals surface area contributed by atoms with E-state index < -0.39 is 0 Å². The first-order valence-corrected chi connectivity index (χ1v) is 11.5. The first kappa shape index (κ1) is 20.5. The lowest BCUT2D eigenvalue weighted by Crippen LogP contribution is -2.48. The SMILES string of the molecule is CC(=O)N1CC[C@H]2[C@@H]1CCN2[C@H]1CCC[C@@H](NC(=O)c2cc3c(F)ccc(C)c3[nH]2)C1. The number of nitrogens with zero attached hydrogens (tertiary/aromatic N) is 2. The van der Waals surface area contributed by atoms with Gasteiger partial charge in [-0.2, -0.15) is 0 Å². The molecule has 2 saturated heterocycles. The van der Waals surface area contributed by atoms with Gasteiger partial charge in [-0.3, -0.25) is 14.5 Å². The highest BCUT2D eigenvalue weighted by atomic mass is 19.1. The molecule has 3 aliphatic rings. The number of likely N-dealkylation sites (tertiary alicyclic amines) is 2. The number of hydrogen-bond donors (Lipinski definition) is 2. The van der Waals surface area contributed by atoms with Crippen LogP contribution in [-0.2, 0) is 4.79 Å². The highest BCUT2D eigenvalue weighted by Crippen LogP contribution is 2.36. The summed E-state index contributed by atoms with van der Waals surface area (Å²) in [4.78, 5) is 32.6. The van der Waals surface area contributed by atoms with Gasteiger partial charge in [-0.25, -0.2) is 4.39 Å². The Morgan fingerprint density at radius 2 is 1.94 bits per heavy atom. The fourth-order valence-electron chi connectivity index (χ4n) is 6.17. The van der Waals surface area contributed by atoms with Gasteiger partial charge in [0.25, 0.3) is 5.91 Å². The van der Waals surface area contributed by atoms with Crippen LogP contribution in [0.25, 0.3) is 10.9 Å². The zero-order valence-electron chi connectivity index (χ0n) is 18.3. The van der Waals surface area contributed by atoms with Crippen molar-refractivity contribution in [2.45, 2.75) is 76.5 Å². The minimum absolute atomic E-state index is 0.118. The molecule has 166 valence electrons. The third-order valence-corrected chi connectivity index (χ3v) is 7.67. The van der Waals surface area contributed by atoms with Crippen LogP contribution in [0.5, 0.6) is 0 Å². The van der Waals surface area contributed by atoms with Crippen molar-refractivity contribution in [3.63, 3.8) is 0 Å². The third-order valence-electron chi connectivity index (χ3n) is 7.67. The second-order valence-electron chi connectivity index (χ2n) is 9.49. The van der Waals surface area contributed by atoms with Crippen molar-refractivity contribution in [1.29, 1.82) is 0 Å². The summed E-state index contributed by atoms with van der Waals surface area (Å²) in [6.07, 6.45) is 6.24. The van der Waals surface area contributed by atoms with Crippen LogP contribution in [0.3, 0.4) is 0 Å². The van der Waals surface area contributed by atoms with Gasteiger partial charge in [0.2, 0.25) is 5.91 Å². The molecule has 3 fully saturated rings. The topological polar surface area (TPSA) is 68.4 Å². The molecule has 2 N–H and O–H groups in total. The molecule has 7 heteroatoms. The van der Waals surface area contributed by atoms with Gasteiger partial charge >= 0.3 is 0 Å². The minimum atomic E-state index is -0.312. The second-order valence-corrected chi connectivity index (χ2v) is 9.49. The first-order valence-electron chi connectivity index (χ1n) is 11.5. The summed E-state index contributed by atoms with van der Waals surface area (Å²) >= 11 is 0. The molecule has 2 aliphatic heterocycles. The maximum atomic E-state index is 14.1. The number of nitrogens with one attached hydrogen (secondary N) is 2. The van der Waals surface area contributed by atoms with E-state index in [0.29, 0.717) is 34.7 Å². The molecule has 1 aromatic carbocycles. The number of rotatable bonds is 3. The van der Waals surface area contributed by atoms with Crippen LogP contribution in [0, 0.1) is 12.7 Å². The smallest absolute Gasteiger partial charge is 0.267 e. The number of aromatic amines is 1. The Hall–Kier alpha value is -2.41. The van der Waals surface area contributed by atoms with Gasteiger partial charge in [-0.1, -0.05) is 6.07 Å². The van der Waals surface area contributed by atoms with Gasteiger partial charge in [-0.05, 0) is 63.1 Å². The van der Waals surface area contributed by atoms with Crippen LogP contribution in [-0.4, -0.2) is 63.9 Å². The van der Waals surface area contributed by atoms with Crippen LogP contribution < -0.4 is 5.32 Å². The molecular weight excluding hydrogens is 395 g/mol. The average Bonchev–Trinajstić information content (AvgIpc) is 3.45. The average molecular weight is 427 g/mol. The van der Waals surface area contributed by atoms with Crippen LogP contribution in [0.2, 0.25) is 0 Å². The maximum absolute atomic E-state index is 14.1. The van der Waals surface area contributed by atoms with Gasteiger partial charge in [0, 0.05) is 49.6 Å². The van der Waals surface area contributed by atoms with E-state index in [9.17, 15) is 14.0 Å². The van der Waals surface area contributed by atoms with Crippen molar-refractivity contribution in [3.8, 4) is 0 Å². The van der Waals surface area contributed by atoms with Gasteiger partial charge in [0.15, 0.2) is 0 Å². The van der Waals surface area contributed by atoms with E-state index in [0.717, 1.165) is 57.2 Å². The van der Waals surface area contributed by atoms with Gasteiger partial charge in [-0.15, -0.1) is 0 Å². The number of carbonyl (C=O) groups excluding carboxylic acids is 2. The second kappa shape index (κ2) is 7.93. The third kappa shape index (κ3) is 3.63. The normalized spacial score (nSPS) is 28.8. The summed E-state index contributed by atoms with van der Waals surface area (Å²) in [7, 11) is 0. The first-order chi connectivity index (χ1) is 14.9. The van der Waals surface area contributed by atoms with Crippen molar-refractivity contribution >= 4 is 22.7 Å². The fourth-order valence-corrected chi connectivity index (χ4v) is 6.17. The lowest BCUT2D eigenvalue weighted by Gasteiger charge is -2.38. The lowest BCUT2D eigenvalue weighted by molar-refractivity contribution is -0.129. The molecule has 1 saturated carbocycles.